The molecule has 0 amide bonds. The summed E-state index contributed by atoms with van der Waals surface area (Å²) >= 11 is 0. The van der Waals surface area contributed by atoms with Gasteiger partial charge in [0.15, 0.2) is 11.6 Å². The van der Waals surface area contributed by atoms with Crippen LogP contribution in [0.2, 0.25) is 0 Å². The Hall–Kier alpha value is -1.52. The van der Waals surface area contributed by atoms with Gasteiger partial charge in [-0.3, -0.25) is 9.78 Å². The summed E-state index contributed by atoms with van der Waals surface area (Å²) in [7, 11) is 1.17. The van der Waals surface area contributed by atoms with Gasteiger partial charge in [0.1, 0.15) is 0 Å². The minimum atomic E-state index is -1.10. The number of rotatable bonds is 2. The van der Waals surface area contributed by atoms with Crippen molar-refractivity contribution in [3.05, 3.63) is 29.6 Å². The van der Waals surface area contributed by atoms with E-state index in [0.29, 0.717) is 0 Å². The summed E-state index contributed by atoms with van der Waals surface area (Å²) in [5.74, 6) is -2.78. The molecule has 1 aromatic rings. The standard InChI is InChI=1S/C8H7F2NO2/c1-13-7(12)4-6-8(10)5(9)2-3-11-6/h2-3H,4H2,1H3. The van der Waals surface area contributed by atoms with Crippen LogP contribution in [0.4, 0.5) is 8.78 Å². The first-order valence-corrected chi connectivity index (χ1v) is 3.51. The summed E-state index contributed by atoms with van der Waals surface area (Å²) in [6, 6.07) is 0.885. The van der Waals surface area contributed by atoms with E-state index in [1.54, 1.807) is 0 Å². The molecule has 5 heteroatoms. The molecule has 13 heavy (non-hydrogen) atoms. The van der Waals surface area contributed by atoms with E-state index in [-0.39, 0.29) is 12.1 Å². The first-order valence-electron chi connectivity index (χ1n) is 3.51. The zero-order chi connectivity index (χ0) is 9.84. The molecule has 1 heterocycles. The smallest absolute Gasteiger partial charge is 0.311 e. The molecule has 0 unspecified atom stereocenters. The fourth-order valence-corrected chi connectivity index (χ4v) is 0.792. The van der Waals surface area contributed by atoms with Gasteiger partial charge in [-0.25, -0.2) is 8.78 Å². The third-order valence-electron chi connectivity index (χ3n) is 1.45. The van der Waals surface area contributed by atoms with Crippen LogP contribution in [0, 0.1) is 11.6 Å². The van der Waals surface area contributed by atoms with Gasteiger partial charge in [-0.05, 0) is 6.07 Å². The van der Waals surface area contributed by atoms with Crippen LogP contribution in [-0.4, -0.2) is 18.1 Å². The molecule has 0 spiro atoms. The van der Waals surface area contributed by atoms with Gasteiger partial charge in [-0.2, -0.15) is 0 Å². The maximum Gasteiger partial charge on any atom is 0.311 e. The lowest BCUT2D eigenvalue weighted by molar-refractivity contribution is -0.139. The summed E-state index contributed by atoms with van der Waals surface area (Å²) < 4.78 is 29.7. The van der Waals surface area contributed by atoms with Gasteiger partial charge in [-0.15, -0.1) is 0 Å². The summed E-state index contributed by atoms with van der Waals surface area (Å²) in [5.41, 5.74) is -0.244. The lowest BCUT2D eigenvalue weighted by Gasteiger charge is -2.00. The van der Waals surface area contributed by atoms with E-state index in [1.165, 1.54) is 7.11 Å². The zero-order valence-electron chi connectivity index (χ0n) is 6.88. The number of ether oxygens (including phenoxy) is 1. The van der Waals surface area contributed by atoms with E-state index in [9.17, 15) is 13.6 Å². The fraction of sp³-hybridized carbons (Fsp3) is 0.250. The summed E-state index contributed by atoms with van der Waals surface area (Å²) in [6.45, 7) is 0. The highest BCUT2D eigenvalue weighted by Gasteiger charge is 2.12. The molecule has 0 N–H and O–H groups in total. The van der Waals surface area contributed by atoms with Crippen molar-refractivity contribution in [2.75, 3.05) is 7.11 Å². The highest BCUT2D eigenvalue weighted by molar-refractivity contribution is 5.71. The number of esters is 1. The van der Waals surface area contributed by atoms with Crippen molar-refractivity contribution in [1.29, 1.82) is 0 Å². The molecule has 0 aliphatic carbocycles. The Balaban J connectivity index is 2.89. The van der Waals surface area contributed by atoms with Crippen LogP contribution in [0.25, 0.3) is 0 Å². The van der Waals surface area contributed by atoms with E-state index < -0.39 is 17.6 Å². The van der Waals surface area contributed by atoms with Crippen molar-refractivity contribution in [3.8, 4) is 0 Å². The second kappa shape index (κ2) is 3.93. The molecule has 70 valence electrons. The Morgan fingerprint density at radius 1 is 1.62 bits per heavy atom. The van der Waals surface area contributed by atoms with E-state index in [0.717, 1.165) is 12.3 Å². The molecule has 1 rings (SSSR count). The lowest BCUT2D eigenvalue weighted by atomic mass is 10.2. The first kappa shape index (κ1) is 9.57. The van der Waals surface area contributed by atoms with Gasteiger partial charge >= 0.3 is 5.97 Å². The molecular weight excluding hydrogens is 180 g/mol. The molecule has 0 saturated heterocycles. The average Bonchev–Trinajstić information content (AvgIpc) is 2.13. The number of methoxy groups -OCH3 is 1. The normalized spacial score (nSPS) is 9.77. The van der Waals surface area contributed by atoms with Crippen molar-refractivity contribution in [2.24, 2.45) is 0 Å². The molecule has 0 radical (unpaired) electrons. The lowest BCUT2D eigenvalue weighted by Crippen LogP contribution is -2.08. The van der Waals surface area contributed by atoms with Crippen LogP contribution in [0.15, 0.2) is 12.3 Å². The molecule has 0 aliphatic rings. The number of nitrogens with zero attached hydrogens (tertiary/aromatic N) is 1. The molecule has 0 bridgehead atoms. The van der Waals surface area contributed by atoms with Crippen molar-refractivity contribution >= 4 is 5.97 Å². The molecule has 0 saturated carbocycles. The Labute approximate surface area is 73.4 Å². The van der Waals surface area contributed by atoms with Crippen molar-refractivity contribution in [2.45, 2.75) is 6.42 Å². The predicted octanol–water partition coefficient (Wildman–Crippen LogP) is 1.08. The molecule has 3 nitrogen and oxygen atoms in total. The second-order valence-electron chi connectivity index (χ2n) is 2.31. The quantitative estimate of drug-likeness (QED) is 0.650. The SMILES string of the molecule is COC(=O)Cc1nccc(F)c1F. The maximum absolute atomic E-state index is 12.9. The van der Waals surface area contributed by atoms with Gasteiger partial charge in [0.05, 0.1) is 19.2 Å². The Morgan fingerprint density at radius 2 is 2.31 bits per heavy atom. The number of carbonyl (C=O) groups is 1. The topological polar surface area (TPSA) is 39.2 Å². The van der Waals surface area contributed by atoms with Crippen molar-refractivity contribution < 1.29 is 18.3 Å². The third-order valence-corrected chi connectivity index (χ3v) is 1.45. The van der Waals surface area contributed by atoms with Gasteiger partial charge in [0.2, 0.25) is 0 Å². The van der Waals surface area contributed by atoms with Crippen LogP contribution in [0.3, 0.4) is 0 Å². The zero-order valence-corrected chi connectivity index (χ0v) is 6.88. The largest absolute Gasteiger partial charge is 0.469 e. The molecule has 0 aromatic carbocycles. The number of halogens is 2. The number of aromatic nitrogens is 1. The predicted molar refractivity (Wildman–Crippen MR) is 39.9 cm³/mol. The maximum atomic E-state index is 12.9. The first-order chi connectivity index (χ1) is 6.15. The van der Waals surface area contributed by atoms with Crippen LogP contribution >= 0.6 is 0 Å². The highest BCUT2D eigenvalue weighted by Crippen LogP contribution is 2.08. The minimum absolute atomic E-state index is 0.244. The Kier molecular flexibility index (Phi) is 2.89. The highest BCUT2D eigenvalue weighted by atomic mass is 19.2. The number of hydrogen-bond donors (Lipinski definition) is 0. The monoisotopic (exact) mass is 187 g/mol. The van der Waals surface area contributed by atoms with Gasteiger partial charge in [-0.1, -0.05) is 0 Å². The number of carbonyl (C=O) groups excluding carboxylic acids is 1. The minimum Gasteiger partial charge on any atom is -0.469 e. The Morgan fingerprint density at radius 3 is 2.92 bits per heavy atom. The van der Waals surface area contributed by atoms with Gasteiger partial charge < -0.3 is 4.74 Å². The van der Waals surface area contributed by atoms with Crippen LogP contribution in [-0.2, 0) is 16.0 Å². The molecular formula is C8H7F2NO2. The summed E-state index contributed by atoms with van der Waals surface area (Å²) in [5, 5.41) is 0. The number of hydrogen-bond acceptors (Lipinski definition) is 3. The molecule has 1 aromatic heterocycles. The Bertz CT molecular complexity index is 328. The van der Waals surface area contributed by atoms with E-state index >= 15 is 0 Å². The third kappa shape index (κ3) is 2.21. The average molecular weight is 187 g/mol. The second-order valence-corrected chi connectivity index (χ2v) is 2.31. The van der Waals surface area contributed by atoms with E-state index in [1.807, 2.05) is 0 Å². The molecule has 0 aliphatic heterocycles. The van der Waals surface area contributed by atoms with E-state index in [4.69, 9.17) is 0 Å². The van der Waals surface area contributed by atoms with Gasteiger partial charge in [0, 0.05) is 6.20 Å². The van der Waals surface area contributed by atoms with Crippen molar-refractivity contribution in [3.63, 3.8) is 0 Å². The van der Waals surface area contributed by atoms with Crippen LogP contribution in [0.5, 0.6) is 0 Å². The van der Waals surface area contributed by atoms with Crippen LogP contribution < -0.4 is 0 Å². The summed E-state index contributed by atoms with van der Waals surface area (Å²) in [4.78, 5) is 14.2. The van der Waals surface area contributed by atoms with Crippen LogP contribution in [0.1, 0.15) is 5.69 Å². The molecule has 0 atom stereocenters. The van der Waals surface area contributed by atoms with Gasteiger partial charge in [0.25, 0.3) is 0 Å². The molecule has 0 fully saturated rings. The summed E-state index contributed by atoms with van der Waals surface area (Å²) in [6.07, 6.45) is 0.733. The van der Waals surface area contributed by atoms with E-state index in [2.05, 4.69) is 9.72 Å². The fourth-order valence-electron chi connectivity index (χ4n) is 0.792. The van der Waals surface area contributed by atoms with Crippen molar-refractivity contribution in [1.82, 2.24) is 4.98 Å². The number of pyridine rings is 1.